The summed E-state index contributed by atoms with van der Waals surface area (Å²) < 4.78 is 1.42. The summed E-state index contributed by atoms with van der Waals surface area (Å²) in [5, 5.41) is 13.1. The third-order valence-corrected chi connectivity index (χ3v) is 5.10. The van der Waals surface area contributed by atoms with Gasteiger partial charge in [0.25, 0.3) is 5.56 Å². The number of halogens is 2. The summed E-state index contributed by atoms with van der Waals surface area (Å²) in [5.41, 5.74) is 4.48. The smallest absolute Gasteiger partial charge is 0.273 e. The zero-order valence-electron chi connectivity index (χ0n) is 14.8. The zero-order valence-corrected chi connectivity index (χ0v) is 16.3. The van der Waals surface area contributed by atoms with Crippen molar-refractivity contribution in [3.63, 3.8) is 0 Å². The number of hydrogen-bond donors (Lipinski definition) is 1. The van der Waals surface area contributed by atoms with Gasteiger partial charge in [0.05, 0.1) is 22.3 Å². The van der Waals surface area contributed by atoms with E-state index in [1.165, 1.54) is 10.6 Å². The van der Waals surface area contributed by atoms with Crippen LogP contribution in [0.15, 0.2) is 53.3 Å². The molecule has 28 heavy (non-hydrogen) atoms. The van der Waals surface area contributed by atoms with Crippen LogP contribution in [0.1, 0.15) is 18.2 Å². The van der Waals surface area contributed by atoms with Gasteiger partial charge >= 0.3 is 0 Å². The standard InChI is InChI=1S/C21H14Cl2N4O/c1-2-17-20(15-8-7-14(22)9-16(15)23)21-25-18(10-19(28)27(21)26-17)13-5-3-12(11-24)4-6-13/h3-10,26H,2H2,1H3. The topological polar surface area (TPSA) is 73.9 Å². The van der Waals surface area contributed by atoms with Crippen molar-refractivity contribution in [3.8, 4) is 28.5 Å². The number of H-pyrrole nitrogens is 1. The number of aromatic nitrogens is 3. The van der Waals surface area contributed by atoms with Crippen LogP contribution in [0, 0.1) is 11.3 Å². The summed E-state index contributed by atoms with van der Waals surface area (Å²) in [5.74, 6) is 0. The molecule has 0 bridgehead atoms. The number of hydrogen-bond acceptors (Lipinski definition) is 3. The second kappa shape index (κ2) is 7.16. The normalized spacial score (nSPS) is 10.9. The van der Waals surface area contributed by atoms with E-state index in [1.54, 1.807) is 36.4 Å². The molecule has 138 valence electrons. The van der Waals surface area contributed by atoms with Crippen LogP contribution in [0.25, 0.3) is 28.0 Å². The van der Waals surface area contributed by atoms with Crippen LogP contribution in [-0.2, 0) is 6.42 Å². The second-order valence-electron chi connectivity index (χ2n) is 6.27. The molecule has 2 aromatic heterocycles. The average molecular weight is 409 g/mol. The van der Waals surface area contributed by atoms with Crippen LogP contribution in [0.5, 0.6) is 0 Å². The Labute approximate surface area is 170 Å². The first kappa shape index (κ1) is 18.3. The number of fused-ring (bicyclic) bond motifs is 1. The van der Waals surface area contributed by atoms with Gasteiger partial charge in [-0.25, -0.2) is 9.50 Å². The molecule has 4 aromatic rings. The van der Waals surface area contributed by atoms with Crippen molar-refractivity contribution in [1.82, 2.24) is 14.6 Å². The van der Waals surface area contributed by atoms with Crippen molar-refractivity contribution in [2.45, 2.75) is 13.3 Å². The summed E-state index contributed by atoms with van der Waals surface area (Å²) >= 11 is 12.5. The number of nitrogens with one attached hydrogen (secondary N) is 1. The fourth-order valence-corrected chi connectivity index (χ4v) is 3.68. The lowest BCUT2D eigenvalue weighted by Gasteiger charge is -2.06. The number of aromatic amines is 1. The third-order valence-electron chi connectivity index (χ3n) is 4.55. The lowest BCUT2D eigenvalue weighted by atomic mass is 10.0. The largest absolute Gasteiger partial charge is 0.293 e. The Kier molecular flexibility index (Phi) is 4.68. The molecule has 4 rings (SSSR count). The highest BCUT2D eigenvalue weighted by atomic mass is 35.5. The van der Waals surface area contributed by atoms with Crippen LogP contribution in [0.2, 0.25) is 10.0 Å². The molecule has 2 aromatic carbocycles. The molecule has 0 aliphatic heterocycles. The van der Waals surface area contributed by atoms with E-state index >= 15 is 0 Å². The summed E-state index contributed by atoms with van der Waals surface area (Å²) in [6, 6.07) is 15.8. The van der Waals surface area contributed by atoms with Crippen molar-refractivity contribution >= 4 is 28.8 Å². The highest BCUT2D eigenvalue weighted by Crippen LogP contribution is 2.35. The molecule has 7 heteroatoms. The molecule has 1 N–H and O–H groups in total. The van der Waals surface area contributed by atoms with Gasteiger partial charge in [0.15, 0.2) is 5.65 Å². The molecule has 2 heterocycles. The van der Waals surface area contributed by atoms with Crippen molar-refractivity contribution in [2.24, 2.45) is 0 Å². The third kappa shape index (κ3) is 3.07. The molecular weight excluding hydrogens is 395 g/mol. The summed E-state index contributed by atoms with van der Waals surface area (Å²) in [7, 11) is 0. The SMILES string of the molecule is CCc1[nH]n2c(=O)cc(-c3ccc(C#N)cc3)nc2c1-c1ccc(Cl)cc1Cl. The number of nitriles is 1. The molecule has 0 saturated heterocycles. The van der Waals surface area contributed by atoms with Gasteiger partial charge in [-0.05, 0) is 30.7 Å². The van der Waals surface area contributed by atoms with E-state index in [0.29, 0.717) is 33.4 Å². The molecule has 0 aliphatic carbocycles. The van der Waals surface area contributed by atoms with E-state index < -0.39 is 0 Å². The number of aryl methyl sites for hydroxylation is 1. The number of nitrogens with zero attached hydrogens (tertiary/aromatic N) is 3. The molecule has 0 saturated carbocycles. The molecule has 0 atom stereocenters. The minimum atomic E-state index is -0.226. The van der Waals surface area contributed by atoms with Crippen molar-refractivity contribution < 1.29 is 0 Å². The predicted molar refractivity (Wildman–Crippen MR) is 111 cm³/mol. The molecule has 0 amide bonds. The van der Waals surface area contributed by atoms with Gasteiger partial charge in [-0.15, -0.1) is 0 Å². The Balaban J connectivity index is 2.00. The van der Waals surface area contributed by atoms with Gasteiger partial charge in [-0.2, -0.15) is 5.26 Å². The first-order chi connectivity index (χ1) is 13.5. The molecule has 0 radical (unpaired) electrons. The zero-order chi connectivity index (χ0) is 19.8. The minimum absolute atomic E-state index is 0.226. The van der Waals surface area contributed by atoms with Gasteiger partial charge in [0.2, 0.25) is 0 Å². The van der Waals surface area contributed by atoms with E-state index in [0.717, 1.165) is 22.4 Å². The summed E-state index contributed by atoms with van der Waals surface area (Å²) in [6.45, 7) is 1.99. The van der Waals surface area contributed by atoms with E-state index in [2.05, 4.69) is 11.2 Å². The Morgan fingerprint density at radius 1 is 1.14 bits per heavy atom. The van der Waals surface area contributed by atoms with Gasteiger partial charge < -0.3 is 0 Å². The maximum Gasteiger partial charge on any atom is 0.273 e. The van der Waals surface area contributed by atoms with Crippen LogP contribution >= 0.6 is 23.2 Å². The maximum absolute atomic E-state index is 12.7. The quantitative estimate of drug-likeness (QED) is 0.512. The van der Waals surface area contributed by atoms with E-state index in [1.807, 2.05) is 13.0 Å². The van der Waals surface area contributed by atoms with E-state index in [-0.39, 0.29) is 5.56 Å². The van der Waals surface area contributed by atoms with Crippen LogP contribution < -0.4 is 5.56 Å². The molecular formula is C21H14Cl2N4O. The Bertz CT molecular complexity index is 1300. The molecule has 0 fully saturated rings. The highest BCUT2D eigenvalue weighted by molar-refractivity contribution is 6.36. The number of rotatable bonds is 3. The van der Waals surface area contributed by atoms with Gasteiger partial charge in [0, 0.05) is 33.5 Å². The fourth-order valence-electron chi connectivity index (χ4n) is 3.18. The Morgan fingerprint density at radius 2 is 1.89 bits per heavy atom. The van der Waals surface area contributed by atoms with E-state index in [4.69, 9.17) is 33.4 Å². The Hall–Kier alpha value is -3.07. The fraction of sp³-hybridized carbons (Fsp3) is 0.0952. The first-order valence-electron chi connectivity index (χ1n) is 8.62. The molecule has 5 nitrogen and oxygen atoms in total. The second-order valence-corrected chi connectivity index (χ2v) is 7.11. The highest BCUT2D eigenvalue weighted by Gasteiger charge is 2.19. The number of benzene rings is 2. The van der Waals surface area contributed by atoms with Crippen molar-refractivity contribution in [1.29, 1.82) is 5.26 Å². The predicted octanol–water partition coefficient (Wildman–Crippen LogP) is 5.10. The van der Waals surface area contributed by atoms with Gasteiger partial charge in [-0.3, -0.25) is 9.89 Å². The summed E-state index contributed by atoms with van der Waals surface area (Å²) in [6.07, 6.45) is 0.670. The monoisotopic (exact) mass is 408 g/mol. The van der Waals surface area contributed by atoms with E-state index in [9.17, 15) is 4.79 Å². The van der Waals surface area contributed by atoms with Crippen LogP contribution in [-0.4, -0.2) is 14.6 Å². The average Bonchev–Trinajstić information content (AvgIpc) is 3.07. The Morgan fingerprint density at radius 3 is 2.54 bits per heavy atom. The van der Waals surface area contributed by atoms with Crippen LogP contribution in [0.4, 0.5) is 0 Å². The molecule has 0 unspecified atom stereocenters. The van der Waals surface area contributed by atoms with Crippen LogP contribution in [0.3, 0.4) is 0 Å². The lowest BCUT2D eigenvalue weighted by Crippen LogP contribution is -2.14. The lowest BCUT2D eigenvalue weighted by molar-refractivity contribution is 0.859. The van der Waals surface area contributed by atoms with Crippen molar-refractivity contribution in [3.05, 3.63) is 80.2 Å². The van der Waals surface area contributed by atoms with Gasteiger partial charge in [-0.1, -0.05) is 48.3 Å². The molecule has 0 spiro atoms. The minimum Gasteiger partial charge on any atom is -0.293 e. The van der Waals surface area contributed by atoms with Crippen molar-refractivity contribution in [2.75, 3.05) is 0 Å². The first-order valence-corrected chi connectivity index (χ1v) is 9.38. The summed E-state index contributed by atoms with van der Waals surface area (Å²) in [4.78, 5) is 17.5. The molecule has 0 aliphatic rings. The maximum atomic E-state index is 12.7. The van der Waals surface area contributed by atoms with Gasteiger partial charge in [0.1, 0.15) is 0 Å².